The normalized spacial score (nSPS) is 25.9. The quantitative estimate of drug-likeness (QED) is 0.214. The Bertz CT molecular complexity index is 967. The highest BCUT2D eigenvalue weighted by Gasteiger charge is 2.53. The lowest BCUT2D eigenvalue weighted by Gasteiger charge is -2.58. The van der Waals surface area contributed by atoms with Gasteiger partial charge in [-0.25, -0.2) is 0 Å². The Morgan fingerprint density at radius 2 is 1.83 bits per heavy atom. The van der Waals surface area contributed by atoms with Crippen LogP contribution in [0.15, 0.2) is 43.1 Å². The summed E-state index contributed by atoms with van der Waals surface area (Å²) in [5, 5.41) is 12.9. The molecule has 2 aromatic rings. The maximum Gasteiger partial charge on any atom is 0.131 e. The number of hydrogen-bond donors (Lipinski definition) is 1. The van der Waals surface area contributed by atoms with Gasteiger partial charge in [-0.2, -0.15) is 0 Å². The summed E-state index contributed by atoms with van der Waals surface area (Å²) in [6.45, 7) is 9.98. The van der Waals surface area contributed by atoms with Crippen molar-refractivity contribution in [2.45, 2.75) is 89.7 Å². The van der Waals surface area contributed by atoms with E-state index in [1.54, 1.807) is 7.11 Å². The van der Waals surface area contributed by atoms with Crippen LogP contribution in [0.1, 0.15) is 89.2 Å². The summed E-state index contributed by atoms with van der Waals surface area (Å²) < 4.78 is 6.54. The highest BCUT2D eigenvalue weighted by atomic mass is 79.9. The lowest BCUT2D eigenvalue weighted by atomic mass is 9.71. The van der Waals surface area contributed by atoms with Gasteiger partial charge >= 0.3 is 0 Å². The number of benzene rings is 1. The van der Waals surface area contributed by atoms with E-state index in [1.807, 2.05) is 30.5 Å². The van der Waals surface area contributed by atoms with E-state index in [9.17, 15) is 5.11 Å². The predicted octanol–water partition coefficient (Wildman–Crippen LogP) is 4.22. The molecule has 0 spiro atoms. The van der Waals surface area contributed by atoms with Gasteiger partial charge in [-0.3, -0.25) is 4.98 Å². The van der Waals surface area contributed by atoms with E-state index in [1.165, 1.54) is 77.3 Å². The number of rotatable bonds is 14. The van der Waals surface area contributed by atoms with Crippen LogP contribution in [0.3, 0.4) is 0 Å². The van der Waals surface area contributed by atoms with Crippen molar-refractivity contribution in [3.63, 3.8) is 0 Å². The molecule has 1 aromatic carbocycles. The van der Waals surface area contributed by atoms with Crippen molar-refractivity contribution >= 4 is 10.9 Å². The molecule has 4 heterocycles. The number of aliphatic hydroxyl groups is 1. The zero-order chi connectivity index (χ0) is 24.7. The molecule has 1 aromatic heterocycles. The lowest BCUT2D eigenvalue weighted by molar-refractivity contribution is -0.973. The summed E-state index contributed by atoms with van der Waals surface area (Å²) in [6, 6.07) is 8.25. The zero-order valence-electron chi connectivity index (χ0n) is 22.5. The molecule has 4 nitrogen and oxygen atoms in total. The molecular weight excluding hydrogens is 512 g/mol. The van der Waals surface area contributed by atoms with E-state index >= 15 is 0 Å². The number of ether oxygens (including phenoxy) is 1. The van der Waals surface area contributed by atoms with E-state index in [2.05, 4.69) is 24.6 Å². The van der Waals surface area contributed by atoms with Crippen LogP contribution in [-0.4, -0.2) is 47.4 Å². The first kappa shape index (κ1) is 29.1. The molecule has 36 heavy (non-hydrogen) atoms. The molecule has 3 aliphatic heterocycles. The number of methoxy groups -OCH3 is 1. The summed E-state index contributed by atoms with van der Waals surface area (Å²) in [5.41, 5.74) is 1.93. The van der Waals surface area contributed by atoms with Gasteiger partial charge in [0.25, 0.3) is 0 Å². The Morgan fingerprint density at radius 1 is 1.11 bits per heavy atom. The minimum absolute atomic E-state index is 0. The lowest BCUT2D eigenvalue weighted by Crippen LogP contribution is -3.00. The third-order valence-electron chi connectivity index (χ3n) is 9.05. The van der Waals surface area contributed by atoms with Crippen LogP contribution >= 0.6 is 0 Å². The van der Waals surface area contributed by atoms with Crippen molar-refractivity contribution < 1.29 is 31.3 Å². The highest BCUT2D eigenvalue weighted by molar-refractivity contribution is 5.83. The van der Waals surface area contributed by atoms with E-state index in [0.717, 1.165) is 39.7 Å². The molecule has 200 valence electrons. The number of nitrogens with zero attached hydrogens (tertiary/aromatic N) is 2. The second-order valence-electron chi connectivity index (χ2n) is 11.2. The molecule has 5 rings (SSSR count). The Balaban J connectivity index is 0.00000361. The van der Waals surface area contributed by atoms with E-state index in [0.29, 0.717) is 11.8 Å². The summed E-state index contributed by atoms with van der Waals surface area (Å²) in [4.78, 5) is 4.55. The van der Waals surface area contributed by atoms with Gasteiger partial charge < -0.3 is 31.3 Å². The summed E-state index contributed by atoms with van der Waals surface area (Å²) in [5.74, 6) is 2.05. The van der Waals surface area contributed by atoms with Gasteiger partial charge in [0.15, 0.2) is 0 Å². The monoisotopic (exact) mass is 558 g/mol. The van der Waals surface area contributed by atoms with E-state index < -0.39 is 6.10 Å². The predicted molar refractivity (Wildman–Crippen MR) is 146 cm³/mol. The molecule has 0 radical (unpaired) electrons. The molecule has 5 atom stereocenters. The average Bonchev–Trinajstić information content (AvgIpc) is 2.91. The number of halogens is 1. The first-order valence-electron chi connectivity index (χ1n) is 14.2. The SMILES string of the molecule is C=CC1C[N+]2(CCCCCCCCCCC)CCC1C[C@H]2[C@@H](O)c1ccnc2ccc(OC)cc12.[Br-]. The van der Waals surface area contributed by atoms with Crippen molar-refractivity contribution in [1.82, 2.24) is 4.98 Å². The molecule has 0 saturated carbocycles. The van der Waals surface area contributed by atoms with Gasteiger partial charge in [-0.1, -0.05) is 57.9 Å². The van der Waals surface area contributed by atoms with Gasteiger partial charge in [0.05, 0.1) is 32.3 Å². The third-order valence-corrected chi connectivity index (χ3v) is 9.05. The van der Waals surface area contributed by atoms with Gasteiger partial charge in [-0.05, 0) is 48.6 Å². The van der Waals surface area contributed by atoms with Crippen LogP contribution in [0, 0.1) is 11.8 Å². The number of hydrogen-bond acceptors (Lipinski definition) is 3. The Kier molecular flexibility index (Phi) is 11.3. The summed E-state index contributed by atoms with van der Waals surface area (Å²) in [6.07, 6.45) is 18.1. The number of piperidine rings is 3. The molecule has 3 unspecified atom stereocenters. The van der Waals surface area contributed by atoms with Crippen molar-refractivity contribution in [2.24, 2.45) is 11.8 Å². The van der Waals surface area contributed by atoms with Crippen molar-refractivity contribution in [3.8, 4) is 5.75 Å². The molecule has 3 saturated heterocycles. The molecule has 3 fully saturated rings. The van der Waals surface area contributed by atoms with Crippen molar-refractivity contribution in [1.29, 1.82) is 0 Å². The Morgan fingerprint density at radius 3 is 2.53 bits per heavy atom. The van der Waals surface area contributed by atoms with Crippen LogP contribution < -0.4 is 21.7 Å². The molecular formula is C31H47BrN2O2. The van der Waals surface area contributed by atoms with Crippen molar-refractivity contribution in [3.05, 3.63) is 48.7 Å². The molecule has 1 N–H and O–H groups in total. The Labute approximate surface area is 229 Å². The Hall–Kier alpha value is -1.43. The van der Waals surface area contributed by atoms with E-state index in [4.69, 9.17) is 4.74 Å². The minimum Gasteiger partial charge on any atom is -1.00 e. The summed E-state index contributed by atoms with van der Waals surface area (Å²) >= 11 is 0. The average molecular weight is 560 g/mol. The van der Waals surface area contributed by atoms with Crippen LogP contribution in [0.5, 0.6) is 5.75 Å². The van der Waals surface area contributed by atoms with E-state index in [-0.39, 0.29) is 23.0 Å². The maximum atomic E-state index is 11.9. The third kappa shape index (κ3) is 6.52. The second kappa shape index (κ2) is 13.9. The number of aliphatic hydroxyl groups excluding tert-OH is 1. The first-order chi connectivity index (χ1) is 17.1. The molecule has 2 bridgehead atoms. The minimum atomic E-state index is -0.486. The molecule has 3 aliphatic rings. The van der Waals surface area contributed by atoms with Gasteiger partial charge in [0.1, 0.15) is 17.9 Å². The van der Waals surface area contributed by atoms with Crippen LogP contribution in [0.4, 0.5) is 0 Å². The number of unbranched alkanes of at least 4 members (excludes halogenated alkanes) is 8. The van der Waals surface area contributed by atoms with Gasteiger partial charge in [-0.15, -0.1) is 6.58 Å². The first-order valence-corrected chi connectivity index (χ1v) is 14.2. The highest BCUT2D eigenvalue weighted by Crippen LogP contribution is 2.47. The second-order valence-corrected chi connectivity index (χ2v) is 11.2. The fourth-order valence-corrected chi connectivity index (χ4v) is 6.97. The fourth-order valence-electron chi connectivity index (χ4n) is 6.97. The maximum absolute atomic E-state index is 11.9. The summed E-state index contributed by atoms with van der Waals surface area (Å²) in [7, 11) is 1.69. The molecule has 0 amide bonds. The van der Waals surface area contributed by atoms with Crippen LogP contribution in [-0.2, 0) is 0 Å². The smallest absolute Gasteiger partial charge is 0.131 e. The number of fused-ring (bicyclic) bond motifs is 4. The number of aromatic nitrogens is 1. The fraction of sp³-hybridized carbons (Fsp3) is 0.645. The zero-order valence-corrected chi connectivity index (χ0v) is 24.1. The topological polar surface area (TPSA) is 42.4 Å². The molecule has 5 heteroatoms. The number of pyridine rings is 1. The number of quaternary nitrogens is 1. The van der Waals surface area contributed by atoms with Crippen LogP contribution in [0.25, 0.3) is 10.9 Å². The van der Waals surface area contributed by atoms with Gasteiger partial charge in [0, 0.05) is 30.3 Å². The van der Waals surface area contributed by atoms with Crippen molar-refractivity contribution in [2.75, 3.05) is 26.7 Å². The van der Waals surface area contributed by atoms with Gasteiger partial charge in [0.2, 0.25) is 0 Å². The molecule has 0 aliphatic carbocycles. The largest absolute Gasteiger partial charge is 1.00 e. The van der Waals surface area contributed by atoms with Crippen LogP contribution in [0.2, 0.25) is 0 Å². The standard InChI is InChI=1S/C31H47N2O2.BrH/c1-4-6-7-8-9-10-11-12-13-19-33-20-17-25(24(5-2)23-33)21-30(33)31(34)27-16-18-32-29-15-14-26(35-3)22-28(27)29;/h5,14-16,18,22,24-25,30-31,34H,2,4,6-13,17,19-21,23H2,1,3H3;1H/q+1;/p-1/t24?,25?,30-,31-,33?;/m0./s1.